The molecule has 0 amide bonds. The fourth-order valence-electron chi connectivity index (χ4n) is 2.64. The van der Waals surface area contributed by atoms with Crippen molar-refractivity contribution < 1.29 is 4.39 Å². The van der Waals surface area contributed by atoms with Gasteiger partial charge in [-0.15, -0.1) is 11.6 Å². The highest BCUT2D eigenvalue weighted by molar-refractivity contribution is 9.10. The Hall–Kier alpha value is -0.610. The Kier molecular flexibility index (Phi) is 4.75. The predicted molar refractivity (Wildman–Crippen MR) is 85.8 cm³/mol. The molecule has 20 heavy (non-hydrogen) atoms. The fourth-order valence-corrected chi connectivity index (χ4v) is 3.13. The monoisotopic (exact) mass is 360 g/mol. The Labute approximate surface area is 132 Å². The van der Waals surface area contributed by atoms with Crippen molar-refractivity contribution in [3.05, 3.63) is 28.2 Å². The van der Waals surface area contributed by atoms with E-state index in [1.807, 2.05) is 6.92 Å². The first-order chi connectivity index (χ1) is 9.31. The second-order valence-electron chi connectivity index (χ2n) is 5.69. The lowest BCUT2D eigenvalue weighted by molar-refractivity contribution is 0.425. The minimum Gasteiger partial charge on any atom is -0.324 e. The van der Waals surface area contributed by atoms with E-state index in [-0.39, 0.29) is 17.2 Å². The first-order valence-electron chi connectivity index (χ1n) is 6.82. The van der Waals surface area contributed by atoms with Gasteiger partial charge in [0.25, 0.3) is 0 Å². The Morgan fingerprint density at radius 3 is 2.50 bits per heavy atom. The van der Waals surface area contributed by atoms with Crippen molar-refractivity contribution in [2.75, 3.05) is 0 Å². The normalized spacial score (nSPS) is 15.0. The SMILES string of the molecule is CC(C)CC(C)n1c(C(C)Cl)nc2cc(F)c(Br)cc21. The molecule has 0 spiro atoms. The maximum Gasteiger partial charge on any atom is 0.139 e. The summed E-state index contributed by atoms with van der Waals surface area (Å²) in [6.45, 7) is 8.43. The highest BCUT2D eigenvalue weighted by atomic mass is 79.9. The standard InChI is InChI=1S/C15H19BrClFN2/c1-8(2)5-9(3)20-14-6-11(16)12(18)7-13(14)19-15(20)10(4)17/h6-10H,5H2,1-4H3. The van der Waals surface area contributed by atoms with Gasteiger partial charge >= 0.3 is 0 Å². The summed E-state index contributed by atoms with van der Waals surface area (Å²) in [5, 5.41) is -0.209. The van der Waals surface area contributed by atoms with E-state index in [9.17, 15) is 4.39 Å². The molecule has 0 bridgehead atoms. The van der Waals surface area contributed by atoms with Gasteiger partial charge < -0.3 is 4.57 Å². The third kappa shape index (κ3) is 3.01. The molecule has 1 aromatic carbocycles. The molecule has 2 unspecified atom stereocenters. The maximum absolute atomic E-state index is 13.7. The molecule has 0 fully saturated rings. The van der Waals surface area contributed by atoms with Crippen molar-refractivity contribution in [3.63, 3.8) is 0 Å². The van der Waals surface area contributed by atoms with Gasteiger partial charge in [0.05, 0.1) is 20.9 Å². The van der Waals surface area contributed by atoms with Crippen LogP contribution >= 0.6 is 27.5 Å². The van der Waals surface area contributed by atoms with Gasteiger partial charge in [0.15, 0.2) is 0 Å². The molecule has 0 radical (unpaired) electrons. The van der Waals surface area contributed by atoms with Crippen LogP contribution in [0.25, 0.3) is 11.0 Å². The van der Waals surface area contributed by atoms with E-state index in [2.05, 4.69) is 46.3 Å². The minimum atomic E-state index is -0.299. The van der Waals surface area contributed by atoms with E-state index < -0.39 is 0 Å². The highest BCUT2D eigenvalue weighted by Gasteiger charge is 2.20. The molecule has 2 atom stereocenters. The molecule has 2 aromatic rings. The molecule has 0 N–H and O–H groups in total. The molecule has 1 aromatic heterocycles. The largest absolute Gasteiger partial charge is 0.324 e. The first kappa shape index (κ1) is 15.8. The first-order valence-corrected chi connectivity index (χ1v) is 8.05. The molecule has 2 rings (SSSR count). The molecule has 2 nitrogen and oxygen atoms in total. The molecule has 1 heterocycles. The number of halogens is 3. The Bertz CT molecular complexity index is 622. The zero-order valence-corrected chi connectivity index (χ0v) is 14.5. The van der Waals surface area contributed by atoms with Gasteiger partial charge in [0.2, 0.25) is 0 Å². The smallest absolute Gasteiger partial charge is 0.139 e. The second kappa shape index (κ2) is 6.02. The van der Waals surface area contributed by atoms with Crippen LogP contribution < -0.4 is 0 Å². The zero-order valence-electron chi connectivity index (χ0n) is 12.1. The van der Waals surface area contributed by atoms with Crippen LogP contribution in [0.4, 0.5) is 4.39 Å². The molecule has 0 aliphatic carbocycles. The quantitative estimate of drug-likeness (QED) is 0.625. The van der Waals surface area contributed by atoms with Crippen LogP contribution in [0, 0.1) is 11.7 Å². The summed E-state index contributed by atoms with van der Waals surface area (Å²) in [6, 6.07) is 3.52. The number of alkyl halides is 1. The van der Waals surface area contributed by atoms with Crippen molar-refractivity contribution in [2.24, 2.45) is 5.92 Å². The molecule has 0 aliphatic rings. The summed E-state index contributed by atoms with van der Waals surface area (Å²) < 4.78 is 16.3. The van der Waals surface area contributed by atoms with Crippen molar-refractivity contribution in [2.45, 2.75) is 45.5 Å². The van der Waals surface area contributed by atoms with Crippen LogP contribution in [0.2, 0.25) is 0 Å². The van der Waals surface area contributed by atoms with Gasteiger partial charge in [-0.05, 0) is 48.2 Å². The Morgan fingerprint density at radius 2 is 1.95 bits per heavy atom. The van der Waals surface area contributed by atoms with E-state index >= 15 is 0 Å². The van der Waals surface area contributed by atoms with Gasteiger partial charge in [0, 0.05) is 12.1 Å². The molecule has 5 heteroatoms. The van der Waals surface area contributed by atoms with Crippen LogP contribution in [0.15, 0.2) is 16.6 Å². The van der Waals surface area contributed by atoms with E-state index in [0.717, 1.165) is 17.8 Å². The molecule has 110 valence electrons. The summed E-state index contributed by atoms with van der Waals surface area (Å²) in [5.41, 5.74) is 1.58. The minimum absolute atomic E-state index is 0.209. The average Bonchev–Trinajstić information content (AvgIpc) is 2.67. The lowest BCUT2D eigenvalue weighted by Crippen LogP contribution is -2.12. The number of hydrogen-bond acceptors (Lipinski definition) is 1. The van der Waals surface area contributed by atoms with Crippen LogP contribution in [-0.4, -0.2) is 9.55 Å². The zero-order chi connectivity index (χ0) is 15.0. The van der Waals surface area contributed by atoms with Crippen LogP contribution in [0.3, 0.4) is 0 Å². The van der Waals surface area contributed by atoms with Crippen LogP contribution in [-0.2, 0) is 0 Å². The number of aromatic nitrogens is 2. The van der Waals surface area contributed by atoms with Crippen LogP contribution in [0.5, 0.6) is 0 Å². The predicted octanol–water partition coefficient (Wildman–Crippen LogP) is 5.84. The summed E-state index contributed by atoms with van der Waals surface area (Å²) in [7, 11) is 0. The molecule has 0 saturated heterocycles. The lowest BCUT2D eigenvalue weighted by atomic mass is 10.0. The summed E-state index contributed by atoms with van der Waals surface area (Å²) in [5.74, 6) is 1.07. The topological polar surface area (TPSA) is 17.8 Å². The third-order valence-electron chi connectivity index (χ3n) is 3.37. The van der Waals surface area contributed by atoms with Gasteiger partial charge in [-0.25, -0.2) is 9.37 Å². The molecule has 0 saturated carbocycles. The number of fused-ring (bicyclic) bond motifs is 1. The summed E-state index contributed by atoms with van der Waals surface area (Å²) in [6.07, 6.45) is 1.02. The maximum atomic E-state index is 13.7. The Morgan fingerprint density at radius 1 is 1.30 bits per heavy atom. The Balaban J connectivity index is 2.64. The summed E-state index contributed by atoms with van der Waals surface area (Å²) >= 11 is 9.50. The van der Waals surface area contributed by atoms with E-state index in [4.69, 9.17) is 11.6 Å². The number of nitrogens with zero attached hydrogens (tertiary/aromatic N) is 2. The number of imidazole rings is 1. The number of rotatable bonds is 4. The molecular formula is C15H19BrClFN2. The second-order valence-corrected chi connectivity index (χ2v) is 7.20. The lowest BCUT2D eigenvalue weighted by Gasteiger charge is -2.20. The van der Waals surface area contributed by atoms with Crippen molar-refractivity contribution in [1.82, 2.24) is 9.55 Å². The van der Waals surface area contributed by atoms with Crippen molar-refractivity contribution >= 4 is 38.6 Å². The molecular weight excluding hydrogens is 343 g/mol. The van der Waals surface area contributed by atoms with Gasteiger partial charge in [-0.3, -0.25) is 0 Å². The van der Waals surface area contributed by atoms with Crippen LogP contribution in [0.1, 0.15) is 51.4 Å². The third-order valence-corrected chi connectivity index (χ3v) is 4.17. The molecule has 0 aliphatic heterocycles. The van der Waals surface area contributed by atoms with E-state index in [0.29, 0.717) is 15.9 Å². The van der Waals surface area contributed by atoms with E-state index in [1.54, 1.807) is 6.07 Å². The number of hydrogen-bond donors (Lipinski definition) is 0. The van der Waals surface area contributed by atoms with Gasteiger partial charge in [0.1, 0.15) is 11.6 Å². The van der Waals surface area contributed by atoms with E-state index in [1.165, 1.54) is 6.07 Å². The fraction of sp³-hybridized carbons (Fsp3) is 0.533. The average molecular weight is 362 g/mol. The highest BCUT2D eigenvalue weighted by Crippen LogP contribution is 2.32. The van der Waals surface area contributed by atoms with Crippen molar-refractivity contribution in [1.29, 1.82) is 0 Å². The van der Waals surface area contributed by atoms with Gasteiger partial charge in [-0.1, -0.05) is 13.8 Å². The van der Waals surface area contributed by atoms with Gasteiger partial charge in [-0.2, -0.15) is 0 Å². The summed E-state index contributed by atoms with van der Waals surface area (Å²) in [4.78, 5) is 4.51. The van der Waals surface area contributed by atoms with Crippen molar-refractivity contribution in [3.8, 4) is 0 Å². The number of benzene rings is 1.